The molecule has 0 saturated carbocycles. The minimum atomic E-state index is -0.369. The zero-order chi connectivity index (χ0) is 14.4. The highest BCUT2D eigenvalue weighted by molar-refractivity contribution is 5.69. The van der Waals surface area contributed by atoms with E-state index >= 15 is 0 Å². The van der Waals surface area contributed by atoms with Crippen LogP contribution in [-0.4, -0.2) is 31.9 Å². The molecular formula is C15H22N2O3. The molecule has 1 aromatic carbocycles. The van der Waals surface area contributed by atoms with Gasteiger partial charge in [0.15, 0.2) is 6.10 Å². The summed E-state index contributed by atoms with van der Waals surface area (Å²) >= 11 is 0. The van der Waals surface area contributed by atoms with E-state index in [9.17, 15) is 4.79 Å². The predicted molar refractivity (Wildman–Crippen MR) is 76.9 cm³/mol. The van der Waals surface area contributed by atoms with Crippen molar-refractivity contribution in [2.24, 2.45) is 0 Å². The summed E-state index contributed by atoms with van der Waals surface area (Å²) in [6.07, 6.45) is 0.412. The van der Waals surface area contributed by atoms with E-state index in [1.807, 2.05) is 18.2 Å². The Labute approximate surface area is 119 Å². The molecule has 1 fully saturated rings. The second-order valence-electron chi connectivity index (χ2n) is 4.78. The Bertz CT molecular complexity index is 450. The summed E-state index contributed by atoms with van der Waals surface area (Å²) < 4.78 is 10.9. The molecule has 1 heterocycles. The summed E-state index contributed by atoms with van der Waals surface area (Å²) in [5.74, 6) is 0.850. The van der Waals surface area contributed by atoms with Crippen LogP contribution in [0.25, 0.3) is 0 Å². The van der Waals surface area contributed by atoms with Gasteiger partial charge in [-0.2, -0.15) is 0 Å². The van der Waals surface area contributed by atoms with E-state index in [2.05, 4.69) is 30.5 Å². The largest absolute Gasteiger partial charge is 0.489 e. The number of alkyl carbamates (subject to hydrolysis) is 1. The standard InChI is InChI=1S/C15H22N2O3/c1-3-13(16-4-2)12-7-5-6-8-14(12)19-10-11-9-17-15(18)20-11/h5-8,11,13,16H,3-4,9-10H2,1-2H3,(H,17,18). The van der Waals surface area contributed by atoms with Gasteiger partial charge in [0.2, 0.25) is 0 Å². The van der Waals surface area contributed by atoms with E-state index in [1.165, 1.54) is 0 Å². The Morgan fingerprint density at radius 3 is 2.90 bits per heavy atom. The number of carbonyl (C=O) groups is 1. The van der Waals surface area contributed by atoms with Gasteiger partial charge in [0, 0.05) is 11.6 Å². The molecule has 1 amide bonds. The maximum Gasteiger partial charge on any atom is 0.407 e. The Hall–Kier alpha value is -1.75. The van der Waals surface area contributed by atoms with Gasteiger partial charge < -0.3 is 20.1 Å². The summed E-state index contributed by atoms with van der Waals surface area (Å²) in [6, 6.07) is 8.28. The molecule has 2 rings (SSSR count). The molecule has 1 saturated heterocycles. The third kappa shape index (κ3) is 3.63. The van der Waals surface area contributed by atoms with Crippen LogP contribution in [-0.2, 0) is 4.74 Å². The highest BCUT2D eigenvalue weighted by atomic mass is 16.6. The van der Waals surface area contributed by atoms with Gasteiger partial charge in [-0.3, -0.25) is 0 Å². The van der Waals surface area contributed by atoms with E-state index in [-0.39, 0.29) is 18.2 Å². The van der Waals surface area contributed by atoms with Gasteiger partial charge >= 0.3 is 6.09 Å². The Morgan fingerprint density at radius 1 is 1.45 bits per heavy atom. The van der Waals surface area contributed by atoms with E-state index in [0.29, 0.717) is 13.2 Å². The quantitative estimate of drug-likeness (QED) is 0.803. The predicted octanol–water partition coefficient (Wildman–Crippen LogP) is 2.23. The number of nitrogens with one attached hydrogen (secondary N) is 2. The Morgan fingerprint density at radius 2 is 2.25 bits per heavy atom. The lowest BCUT2D eigenvalue weighted by Crippen LogP contribution is -2.24. The number of benzene rings is 1. The first-order valence-electron chi connectivity index (χ1n) is 7.14. The van der Waals surface area contributed by atoms with Crippen LogP contribution in [0.15, 0.2) is 24.3 Å². The number of hydrogen-bond acceptors (Lipinski definition) is 4. The van der Waals surface area contributed by atoms with Crippen molar-refractivity contribution < 1.29 is 14.3 Å². The molecule has 1 aromatic rings. The van der Waals surface area contributed by atoms with Crippen LogP contribution in [0, 0.1) is 0 Å². The van der Waals surface area contributed by atoms with Gasteiger partial charge in [0.1, 0.15) is 12.4 Å². The number of para-hydroxylation sites is 1. The highest BCUT2D eigenvalue weighted by Crippen LogP contribution is 2.27. The third-order valence-corrected chi connectivity index (χ3v) is 3.33. The van der Waals surface area contributed by atoms with Crippen molar-refractivity contribution in [3.63, 3.8) is 0 Å². The molecular weight excluding hydrogens is 256 g/mol. The van der Waals surface area contributed by atoms with Crippen LogP contribution in [0.1, 0.15) is 31.9 Å². The number of ether oxygens (including phenoxy) is 2. The molecule has 5 nitrogen and oxygen atoms in total. The summed E-state index contributed by atoms with van der Waals surface area (Å²) in [5.41, 5.74) is 1.15. The van der Waals surface area contributed by atoms with E-state index < -0.39 is 0 Å². The van der Waals surface area contributed by atoms with Crippen molar-refractivity contribution >= 4 is 6.09 Å². The Kier molecular flexibility index (Phi) is 5.24. The minimum Gasteiger partial charge on any atom is -0.489 e. The molecule has 1 aliphatic heterocycles. The monoisotopic (exact) mass is 278 g/mol. The highest BCUT2D eigenvalue weighted by Gasteiger charge is 2.23. The SMILES string of the molecule is CCNC(CC)c1ccccc1OCC1CNC(=O)O1. The fourth-order valence-electron chi connectivity index (χ4n) is 2.33. The lowest BCUT2D eigenvalue weighted by molar-refractivity contribution is 0.104. The first-order chi connectivity index (χ1) is 9.74. The molecule has 2 N–H and O–H groups in total. The lowest BCUT2D eigenvalue weighted by atomic mass is 10.0. The fourth-order valence-corrected chi connectivity index (χ4v) is 2.33. The molecule has 0 bridgehead atoms. The normalized spacial score (nSPS) is 19.3. The van der Waals surface area contributed by atoms with E-state index in [4.69, 9.17) is 9.47 Å². The summed E-state index contributed by atoms with van der Waals surface area (Å²) in [7, 11) is 0. The maximum absolute atomic E-state index is 11.0. The molecule has 0 spiro atoms. The number of carbonyl (C=O) groups excluding carboxylic acids is 1. The number of rotatable bonds is 7. The molecule has 0 aromatic heterocycles. The molecule has 0 aliphatic carbocycles. The molecule has 20 heavy (non-hydrogen) atoms. The van der Waals surface area contributed by atoms with Crippen LogP contribution in [0.5, 0.6) is 5.75 Å². The van der Waals surface area contributed by atoms with E-state index in [1.54, 1.807) is 0 Å². The fraction of sp³-hybridized carbons (Fsp3) is 0.533. The molecule has 2 atom stereocenters. The second-order valence-corrected chi connectivity index (χ2v) is 4.78. The van der Waals surface area contributed by atoms with Gasteiger partial charge in [-0.05, 0) is 19.0 Å². The summed E-state index contributed by atoms with van der Waals surface area (Å²) in [6.45, 7) is 6.03. The summed E-state index contributed by atoms with van der Waals surface area (Å²) in [4.78, 5) is 11.0. The molecule has 1 aliphatic rings. The van der Waals surface area contributed by atoms with Crippen molar-refractivity contribution in [1.29, 1.82) is 0 Å². The first kappa shape index (κ1) is 14.7. The third-order valence-electron chi connectivity index (χ3n) is 3.33. The Balaban J connectivity index is 2.01. The van der Waals surface area contributed by atoms with Crippen molar-refractivity contribution in [3.8, 4) is 5.75 Å². The van der Waals surface area contributed by atoms with Crippen LogP contribution < -0.4 is 15.4 Å². The number of amides is 1. The van der Waals surface area contributed by atoms with Gasteiger partial charge in [-0.15, -0.1) is 0 Å². The zero-order valence-corrected chi connectivity index (χ0v) is 12.0. The zero-order valence-electron chi connectivity index (χ0n) is 12.0. The van der Waals surface area contributed by atoms with Crippen LogP contribution >= 0.6 is 0 Å². The average Bonchev–Trinajstić information content (AvgIpc) is 2.89. The smallest absolute Gasteiger partial charge is 0.407 e. The van der Waals surface area contributed by atoms with Crippen molar-refractivity contribution in [2.45, 2.75) is 32.4 Å². The maximum atomic E-state index is 11.0. The van der Waals surface area contributed by atoms with Crippen LogP contribution in [0.3, 0.4) is 0 Å². The topological polar surface area (TPSA) is 59.6 Å². The minimum absolute atomic E-state index is 0.213. The van der Waals surface area contributed by atoms with Gasteiger partial charge in [0.25, 0.3) is 0 Å². The average molecular weight is 278 g/mol. The van der Waals surface area contributed by atoms with Gasteiger partial charge in [-0.25, -0.2) is 4.79 Å². The second kappa shape index (κ2) is 7.14. The summed E-state index contributed by atoms with van der Waals surface area (Å²) in [5, 5.41) is 6.07. The molecule has 110 valence electrons. The first-order valence-corrected chi connectivity index (χ1v) is 7.14. The number of cyclic esters (lactones) is 1. The van der Waals surface area contributed by atoms with Crippen LogP contribution in [0.4, 0.5) is 4.79 Å². The van der Waals surface area contributed by atoms with E-state index in [0.717, 1.165) is 24.3 Å². The van der Waals surface area contributed by atoms with Crippen molar-refractivity contribution in [3.05, 3.63) is 29.8 Å². The van der Waals surface area contributed by atoms with Crippen molar-refractivity contribution in [2.75, 3.05) is 19.7 Å². The molecule has 2 unspecified atom stereocenters. The van der Waals surface area contributed by atoms with Crippen molar-refractivity contribution in [1.82, 2.24) is 10.6 Å². The molecule has 0 radical (unpaired) electrons. The number of hydrogen-bond donors (Lipinski definition) is 2. The van der Waals surface area contributed by atoms with Gasteiger partial charge in [0.05, 0.1) is 6.54 Å². The lowest BCUT2D eigenvalue weighted by Gasteiger charge is -2.20. The molecule has 5 heteroatoms. The van der Waals surface area contributed by atoms with Crippen LogP contribution in [0.2, 0.25) is 0 Å². The van der Waals surface area contributed by atoms with Gasteiger partial charge in [-0.1, -0.05) is 32.0 Å².